The quantitative estimate of drug-likeness (QED) is 0.652. The van der Waals surface area contributed by atoms with Crippen LogP contribution >= 0.6 is 0 Å². The summed E-state index contributed by atoms with van der Waals surface area (Å²) in [6.45, 7) is 3.94. The molecule has 2 aliphatic rings. The molecule has 1 heterocycles. The second-order valence-corrected chi connectivity index (χ2v) is 7.94. The van der Waals surface area contributed by atoms with Gasteiger partial charge in [-0.15, -0.1) is 0 Å². The van der Waals surface area contributed by atoms with Crippen LogP contribution in [0.5, 0.6) is 0 Å². The molecule has 28 heavy (non-hydrogen) atoms. The monoisotopic (exact) mass is 376 g/mol. The lowest BCUT2D eigenvalue weighted by atomic mass is 9.76. The fraction of sp³-hybridized carbons (Fsp3) is 0.348. The van der Waals surface area contributed by atoms with Gasteiger partial charge in [-0.1, -0.05) is 62.4 Å². The minimum Gasteiger partial charge on any atom is -0.319 e. The Kier molecular flexibility index (Phi) is 4.53. The molecule has 1 atom stereocenters. The molecule has 1 aliphatic carbocycles. The molecule has 5 heteroatoms. The molecule has 0 radical (unpaired) electrons. The van der Waals surface area contributed by atoms with Gasteiger partial charge in [-0.3, -0.25) is 14.5 Å². The maximum atomic E-state index is 13.3. The van der Waals surface area contributed by atoms with Gasteiger partial charge < -0.3 is 5.32 Å². The number of carbonyl (C=O) groups is 3. The van der Waals surface area contributed by atoms with Gasteiger partial charge in [-0.05, 0) is 41.9 Å². The Morgan fingerprint density at radius 3 is 2.54 bits per heavy atom. The normalized spacial score (nSPS) is 21.2. The van der Waals surface area contributed by atoms with Crippen LogP contribution in [0.25, 0.3) is 0 Å². The van der Waals surface area contributed by atoms with E-state index in [-0.39, 0.29) is 18.2 Å². The number of imide groups is 1. The lowest BCUT2D eigenvalue weighted by Crippen LogP contribution is -2.46. The van der Waals surface area contributed by atoms with E-state index in [4.69, 9.17) is 0 Å². The first kappa shape index (κ1) is 18.4. The number of aryl methyl sites for hydroxylation is 1. The number of nitrogens with one attached hydrogen (secondary N) is 1. The van der Waals surface area contributed by atoms with Gasteiger partial charge in [0, 0.05) is 5.56 Å². The van der Waals surface area contributed by atoms with Crippen molar-refractivity contribution in [2.75, 3.05) is 6.54 Å². The van der Waals surface area contributed by atoms with Crippen LogP contribution in [0, 0.1) is 0 Å². The summed E-state index contributed by atoms with van der Waals surface area (Å²) in [5.41, 5.74) is 2.56. The van der Waals surface area contributed by atoms with Crippen molar-refractivity contribution in [3.63, 3.8) is 0 Å². The molecule has 2 aromatic rings. The van der Waals surface area contributed by atoms with E-state index in [1.807, 2.05) is 36.4 Å². The molecule has 1 saturated heterocycles. The number of benzene rings is 2. The molecule has 0 aromatic heterocycles. The van der Waals surface area contributed by atoms with Crippen LogP contribution < -0.4 is 5.32 Å². The van der Waals surface area contributed by atoms with Crippen LogP contribution in [0.3, 0.4) is 0 Å². The van der Waals surface area contributed by atoms with Gasteiger partial charge >= 0.3 is 6.03 Å². The van der Waals surface area contributed by atoms with Crippen LogP contribution in [0.2, 0.25) is 0 Å². The Balaban J connectivity index is 1.58. The Morgan fingerprint density at radius 2 is 1.82 bits per heavy atom. The summed E-state index contributed by atoms with van der Waals surface area (Å²) in [4.78, 5) is 39.7. The van der Waals surface area contributed by atoms with Gasteiger partial charge in [0.2, 0.25) is 0 Å². The minimum atomic E-state index is -1.03. The Morgan fingerprint density at radius 1 is 1.11 bits per heavy atom. The number of amides is 3. The summed E-state index contributed by atoms with van der Waals surface area (Å²) in [7, 11) is 0. The molecule has 1 spiro atoms. The first-order valence-corrected chi connectivity index (χ1v) is 9.78. The average molecular weight is 376 g/mol. The molecule has 3 amide bonds. The number of ketones is 1. The van der Waals surface area contributed by atoms with E-state index in [1.165, 1.54) is 0 Å². The number of hydrogen-bond acceptors (Lipinski definition) is 3. The zero-order chi connectivity index (χ0) is 19.9. The zero-order valence-corrected chi connectivity index (χ0v) is 16.2. The standard InChI is InChI=1S/C23H24N2O3/c1-15(2)16-9-11-18(12-10-16)20(26)14-25-21(27)23(24-22(25)28)13-5-7-17-6-3-4-8-19(17)23/h3-4,6,8-12,15H,5,7,13-14H2,1-2H3,(H,24,28)/t23-/m1/s1. The summed E-state index contributed by atoms with van der Waals surface area (Å²) >= 11 is 0. The second kappa shape index (κ2) is 6.89. The van der Waals surface area contributed by atoms with Crippen molar-refractivity contribution in [2.24, 2.45) is 0 Å². The third-order valence-corrected chi connectivity index (χ3v) is 5.85. The number of rotatable bonds is 4. The highest BCUT2D eigenvalue weighted by molar-refractivity contribution is 6.11. The lowest BCUT2D eigenvalue weighted by molar-refractivity contribution is -0.131. The van der Waals surface area contributed by atoms with Crippen molar-refractivity contribution in [2.45, 2.75) is 44.6 Å². The number of urea groups is 1. The maximum absolute atomic E-state index is 13.3. The lowest BCUT2D eigenvalue weighted by Gasteiger charge is -2.33. The highest BCUT2D eigenvalue weighted by atomic mass is 16.2. The van der Waals surface area contributed by atoms with Crippen molar-refractivity contribution in [1.29, 1.82) is 0 Å². The summed E-state index contributed by atoms with van der Waals surface area (Å²) in [5, 5.41) is 2.89. The third-order valence-electron chi connectivity index (χ3n) is 5.85. The average Bonchev–Trinajstić information content (AvgIpc) is 2.93. The van der Waals surface area contributed by atoms with Crippen LogP contribution in [-0.2, 0) is 16.8 Å². The number of nitrogens with zero attached hydrogens (tertiary/aromatic N) is 1. The van der Waals surface area contributed by atoms with Crippen LogP contribution in [0.4, 0.5) is 4.79 Å². The van der Waals surface area contributed by atoms with Crippen molar-refractivity contribution in [1.82, 2.24) is 10.2 Å². The highest BCUT2D eigenvalue weighted by Crippen LogP contribution is 2.39. The van der Waals surface area contributed by atoms with Gasteiger partial charge in [0.15, 0.2) is 5.78 Å². The largest absolute Gasteiger partial charge is 0.325 e. The van der Waals surface area contributed by atoms with Crippen molar-refractivity contribution < 1.29 is 14.4 Å². The summed E-state index contributed by atoms with van der Waals surface area (Å²) < 4.78 is 0. The fourth-order valence-electron chi connectivity index (χ4n) is 4.24. The zero-order valence-electron chi connectivity index (χ0n) is 16.2. The molecule has 1 fully saturated rings. The van der Waals surface area contributed by atoms with E-state index >= 15 is 0 Å². The van der Waals surface area contributed by atoms with Crippen molar-refractivity contribution >= 4 is 17.7 Å². The number of hydrogen-bond donors (Lipinski definition) is 1. The molecule has 1 N–H and O–H groups in total. The molecule has 0 unspecified atom stereocenters. The summed E-state index contributed by atoms with van der Waals surface area (Å²) in [5.74, 6) is -0.182. The van der Waals surface area contributed by atoms with Gasteiger partial charge in [0.05, 0.1) is 6.54 Å². The topological polar surface area (TPSA) is 66.5 Å². The molecule has 4 rings (SSSR count). The van der Waals surface area contributed by atoms with Crippen molar-refractivity contribution in [3.05, 3.63) is 70.8 Å². The number of Topliss-reactive ketones (excluding diaryl/α,β-unsaturated/α-hetero) is 1. The molecular formula is C23H24N2O3. The predicted molar refractivity (Wildman–Crippen MR) is 106 cm³/mol. The van der Waals surface area contributed by atoms with E-state index < -0.39 is 11.6 Å². The van der Waals surface area contributed by atoms with E-state index in [9.17, 15) is 14.4 Å². The van der Waals surface area contributed by atoms with E-state index in [1.54, 1.807) is 12.1 Å². The minimum absolute atomic E-state index is 0.236. The molecular weight excluding hydrogens is 352 g/mol. The molecule has 0 bridgehead atoms. The van der Waals surface area contributed by atoms with Gasteiger partial charge in [-0.2, -0.15) is 0 Å². The van der Waals surface area contributed by atoms with E-state index in [0.717, 1.165) is 34.4 Å². The number of carbonyl (C=O) groups excluding carboxylic acids is 3. The van der Waals surface area contributed by atoms with Crippen LogP contribution in [0.15, 0.2) is 48.5 Å². The van der Waals surface area contributed by atoms with Crippen LogP contribution in [-0.4, -0.2) is 29.2 Å². The first-order valence-electron chi connectivity index (χ1n) is 9.78. The maximum Gasteiger partial charge on any atom is 0.325 e. The summed E-state index contributed by atoms with van der Waals surface area (Å²) in [6.07, 6.45) is 2.27. The number of fused-ring (bicyclic) bond motifs is 2. The molecule has 0 saturated carbocycles. The third kappa shape index (κ3) is 2.91. The second-order valence-electron chi connectivity index (χ2n) is 7.94. The van der Waals surface area contributed by atoms with Gasteiger partial charge in [-0.25, -0.2) is 4.79 Å². The highest BCUT2D eigenvalue weighted by Gasteiger charge is 2.54. The van der Waals surface area contributed by atoms with Gasteiger partial charge in [0.25, 0.3) is 5.91 Å². The summed E-state index contributed by atoms with van der Waals surface area (Å²) in [6, 6.07) is 14.6. The van der Waals surface area contributed by atoms with Gasteiger partial charge in [0.1, 0.15) is 5.54 Å². The molecule has 2 aromatic carbocycles. The molecule has 5 nitrogen and oxygen atoms in total. The Labute approximate surface area is 164 Å². The Hall–Kier alpha value is -2.95. The molecule has 144 valence electrons. The van der Waals surface area contributed by atoms with Crippen LogP contribution in [0.1, 0.15) is 59.7 Å². The van der Waals surface area contributed by atoms with E-state index in [0.29, 0.717) is 17.9 Å². The smallest absolute Gasteiger partial charge is 0.319 e. The fourth-order valence-corrected chi connectivity index (χ4v) is 4.24. The first-order chi connectivity index (χ1) is 13.4. The van der Waals surface area contributed by atoms with E-state index in [2.05, 4.69) is 19.2 Å². The Bertz CT molecular complexity index is 949. The predicted octanol–water partition coefficient (Wildman–Crippen LogP) is 3.78. The molecule has 1 aliphatic heterocycles. The SMILES string of the molecule is CC(C)c1ccc(C(=O)CN2C(=O)N[C@@]3(CCCc4ccccc43)C2=O)cc1. The van der Waals surface area contributed by atoms with Crippen molar-refractivity contribution in [3.8, 4) is 0 Å².